The summed E-state index contributed by atoms with van der Waals surface area (Å²) in [5.74, 6) is 1.37. The fraction of sp³-hybridized carbons (Fsp3) is 0.316. The number of hydrogen-bond acceptors (Lipinski definition) is 9. The molecule has 0 saturated carbocycles. The van der Waals surface area contributed by atoms with Crippen molar-refractivity contribution in [3.8, 4) is 5.88 Å². The lowest BCUT2D eigenvalue weighted by atomic mass is 10.1. The van der Waals surface area contributed by atoms with Crippen molar-refractivity contribution in [2.24, 2.45) is 0 Å². The Morgan fingerprint density at radius 2 is 1.96 bits per heavy atom. The number of rotatable bonds is 7. The van der Waals surface area contributed by atoms with Crippen LogP contribution < -0.4 is 10.1 Å². The minimum absolute atomic E-state index is 0.480. The van der Waals surface area contributed by atoms with E-state index in [1.807, 2.05) is 19.1 Å². The first-order valence-electron chi connectivity index (χ1n) is 8.85. The second-order valence-corrected chi connectivity index (χ2v) is 7.29. The molecule has 0 spiro atoms. The molecule has 4 heterocycles. The third-order valence-electron chi connectivity index (χ3n) is 4.46. The van der Waals surface area contributed by atoms with Crippen LogP contribution in [0.5, 0.6) is 5.88 Å². The third kappa shape index (κ3) is 3.58. The van der Waals surface area contributed by atoms with Gasteiger partial charge in [0.25, 0.3) is 0 Å². The molecule has 28 heavy (non-hydrogen) atoms. The number of thiophene rings is 1. The highest BCUT2D eigenvalue weighted by Crippen LogP contribution is 2.36. The number of hydrogen-bond donors (Lipinski definition) is 1. The van der Waals surface area contributed by atoms with Gasteiger partial charge in [0.15, 0.2) is 0 Å². The number of anilines is 1. The Hall–Kier alpha value is -2.91. The van der Waals surface area contributed by atoms with Crippen molar-refractivity contribution in [3.63, 3.8) is 0 Å². The topological polar surface area (TPSA) is 94.9 Å². The van der Waals surface area contributed by atoms with Crippen molar-refractivity contribution >= 4 is 37.6 Å². The van der Waals surface area contributed by atoms with Gasteiger partial charge in [-0.05, 0) is 25.0 Å². The molecule has 0 unspecified atom stereocenters. The Bertz CT molecular complexity index is 1110. The Balaban J connectivity index is 1.54. The Morgan fingerprint density at radius 1 is 1.07 bits per heavy atom. The van der Waals surface area contributed by atoms with Crippen LogP contribution in [0.25, 0.3) is 20.4 Å². The van der Waals surface area contributed by atoms with E-state index < -0.39 is 0 Å². The number of nitrogens with zero attached hydrogens (tertiary/aromatic N) is 5. The van der Waals surface area contributed by atoms with Crippen LogP contribution in [0, 0.1) is 13.8 Å². The summed E-state index contributed by atoms with van der Waals surface area (Å²) in [5, 5.41) is 13.0. The second-order valence-electron chi connectivity index (χ2n) is 6.29. The molecule has 8 nitrogen and oxygen atoms in total. The SMILES string of the molecule is COCCOc1ccc(CNc2ncnc3c2sc2nnc(C)c(C)c23)cn1. The second kappa shape index (κ2) is 7.99. The van der Waals surface area contributed by atoms with Gasteiger partial charge in [0.05, 0.1) is 22.5 Å². The molecular formula is C19H20N6O2S. The maximum Gasteiger partial charge on any atom is 0.213 e. The number of aromatic nitrogens is 5. The van der Waals surface area contributed by atoms with Crippen LogP contribution in [-0.2, 0) is 11.3 Å². The summed E-state index contributed by atoms with van der Waals surface area (Å²) >= 11 is 1.55. The summed E-state index contributed by atoms with van der Waals surface area (Å²) in [6.45, 7) is 5.62. The molecule has 0 radical (unpaired) electrons. The zero-order valence-electron chi connectivity index (χ0n) is 15.9. The summed E-state index contributed by atoms with van der Waals surface area (Å²) < 4.78 is 11.4. The molecule has 144 valence electrons. The summed E-state index contributed by atoms with van der Waals surface area (Å²) in [7, 11) is 1.64. The average molecular weight is 396 g/mol. The highest BCUT2D eigenvalue weighted by molar-refractivity contribution is 7.25. The van der Waals surface area contributed by atoms with Crippen molar-refractivity contribution in [2.45, 2.75) is 20.4 Å². The van der Waals surface area contributed by atoms with E-state index in [0.29, 0.717) is 25.6 Å². The number of aryl methyl sites for hydroxylation is 2. The molecule has 0 aliphatic heterocycles. The normalized spacial score (nSPS) is 11.2. The van der Waals surface area contributed by atoms with Crippen LogP contribution in [0.15, 0.2) is 24.7 Å². The first-order valence-corrected chi connectivity index (χ1v) is 9.66. The molecule has 4 rings (SSSR count). The first kappa shape index (κ1) is 18.5. The lowest BCUT2D eigenvalue weighted by Gasteiger charge is -2.08. The smallest absolute Gasteiger partial charge is 0.213 e. The van der Waals surface area contributed by atoms with E-state index in [9.17, 15) is 0 Å². The molecule has 0 bridgehead atoms. The molecule has 0 saturated heterocycles. The maximum absolute atomic E-state index is 5.49. The van der Waals surface area contributed by atoms with Gasteiger partial charge < -0.3 is 14.8 Å². The first-order chi connectivity index (χ1) is 13.7. The molecule has 1 N–H and O–H groups in total. The van der Waals surface area contributed by atoms with Crippen molar-refractivity contribution in [3.05, 3.63) is 41.5 Å². The van der Waals surface area contributed by atoms with Crippen molar-refractivity contribution in [1.29, 1.82) is 0 Å². The summed E-state index contributed by atoms with van der Waals surface area (Å²) in [6.07, 6.45) is 3.37. The van der Waals surface area contributed by atoms with Crippen LogP contribution in [-0.4, -0.2) is 45.5 Å². The molecule has 0 aliphatic carbocycles. The summed E-state index contributed by atoms with van der Waals surface area (Å²) in [5.41, 5.74) is 3.96. The lowest BCUT2D eigenvalue weighted by molar-refractivity contribution is 0.143. The molecule has 9 heteroatoms. The van der Waals surface area contributed by atoms with Gasteiger partial charge in [-0.15, -0.1) is 16.4 Å². The Kier molecular flexibility index (Phi) is 5.27. The lowest BCUT2D eigenvalue weighted by Crippen LogP contribution is -2.06. The van der Waals surface area contributed by atoms with Gasteiger partial charge in [-0.2, -0.15) is 5.10 Å². The van der Waals surface area contributed by atoms with Crippen LogP contribution >= 0.6 is 11.3 Å². The molecule has 0 atom stereocenters. The zero-order valence-corrected chi connectivity index (χ0v) is 16.7. The third-order valence-corrected chi connectivity index (χ3v) is 5.53. The van der Waals surface area contributed by atoms with Gasteiger partial charge in [0.2, 0.25) is 5.88 Å². The maximum atomic E-state index is 5.49. The number of methoxy groups -OCH3 is 1. The van der Waals surface area contributed by atoms with E-state index in [1.54, 1.807) is 31.0 Å². The Morgan fingerprint density at radius 3 is 2.75 bits per heavy atom. The van der Waals surface area contributed by atoms with Gasteiger partial charge in [-0.3, -0.25) is 0 Å². The number of nitrogens with one attached hydrogen (secondary N) is 1. The molecule has 0 aromatic carbocycles. The number of pyridine rings is 1. The van der Waals surface area contributed by atoms with Gasteiger partial charge >= 0.3 is 0 Å². The fourth-order valence-electron chi connectivity index (χ4n) is 2.82. The number of ether oxygens (including phenoxy) is 2. The molecule has 0 aliphatic rings. The van der Waals surface area contributed by atoms with E-state index in [4.69, 9.17) is 9.47 Å². The monoisotopic (exact) mass is 396 g/mol. The predicted molar refractivity (Wildman–Crippen MR) is 109 cm³/mol. The van der Waals surface area contributed by atoms with Crippen LogP contribution in [0.4, 0.5) is 5.82 Å². The standard InChI is InChI=1S/C19H20N6O2S/c1-11-12(2)24-25-19-15(11)16-17(28-19)18(23-10-22-16)21-9-13-4-5-14(20-8-13)27-7-6-26-3/h4-5,8,10H,6-7,9H2,1-3H3,(H,21,22,23). The molecule has 4 aromatic heterocycles. The van der Waals surface area contributed by atoms with E-state index in [2.05, 4.69) is 37.4 Å². The minimum Gasteiger partial charge on any atom is -0.475 e. The van der Waals surface area contributed by atoms with Gasteiger partial charge in [-0.1, -0.05) is 6.07 Å². The minimum atomic E-state index is 0.480. The van der Waals surface area contributed by atoms with Gasteiger partial charge in [0, 0.05) is 31.3 Å². The zero-order chi connectivity index (χ0) is 19.5. The van der Waals surface area contributed by atoms with Gasteiger partial charge in [0.1, 0.15) is 23.6 Å². The van der Waals surface area contributed by atoms with Gasteiger partial charge in [-0.25, -0.2) is 15.0 Å². The highest BCUT2D eigenvalue weighted by Gasteiger charge is 2.15. The van der Waals surface area contributed by atoms with E-state index in [0.717, 1.165) is 43.1 Å². The van der Waals surface area contributed by atoms with E-state index in [-0.39, 0.29) is 0 Å². The van der Waals surface area contributed by atoms with Crippen LogP contribution in [0.1, 0.15) is 16.8 Å². The molecule has 4 aromatic rings. The van der Waals surface area contributed by atoms with Crippen molar-refractivity contribution < 1.29 is 9.47 Å². The molecule has 0 amide bonds. The average Bonchev–Trinajstić information content (AvgIpc) is 3.10. The van der Waals surface area contributed by atoms with E-state index >= 15 is 0 Å². The molecule has 0 fully saturated rings. The molecular weight excluding hydrogens is 376 g/mol. The summed E-state index contributed by atoms with van der Waals surface area (Å²) in [6, 6.07) is 3.83. The quantitative estimate of drug-likeness (QED) is 0.476. The van der Waals surface area contributed by atoms with Crippen LogP contribution in [0.2, 0.25) is 0 Å². The van der Waals surface area contributed by atoms with Crippen LogP contribution in [0.3, 0.4) is 0 Å². The van der Waals surface area contributed by atoms with Crippen molar-refractivity contribution in [2.75, 3.05) is 25.6 Å². The van der Waals surface area contributed by atoms with E-state index in [1.165, 1.54) is 0 Å². The highest BCUT2D eigenvalue weighted by atomic mass is 32.1. The largest absolute Gasteiger partial charge is 0.475 e. The fourth-order valence-corrected chi connectivity index (χ4v) is 3.92. The Labute approximate surface area is 166 Å². The number of fused-ring (bicyclic) bond motifs is 3. The predicted octanol–water partition coefficient (Wildman–Crippen LogP) is 3.28. The van der Waals surface area contributed by atoms with Crippen molar-refractivity contribution in [1.82, 2.24) is 25.1 Å². The summed E-state index contributed by atoms with van der Waals surface area (Å²) in [4.78, 5) is 14.1.